The molecule has 0 bridgehead atoms. The number of halogens is 4. The van der Waals surface area contributed by atoms with Crippen molar-refractivity contribution in [2.45, 2.75) is 19.5 Å². The lowest BCUT2D eigenvalue weighted by Crippen LogP contribution is -2.29. The number of amides is 2. The van der Waals surface area contributed by atoms with Gasteiger partial charge in [0.15, 0.2) is 0 Å². The van der Waals surface area contributed by atoms with Crippen molar-refractivity contribution < 1.29 is 22.8 Å². The van der Waals surface area contributed by atoms with Crippen molar-refractivity contribution in [3.05, 3.63) is 58.6 Å². The van der Waals surface area contributed by atoms with Gasteiger partial charge < -0.3 is 10.2 Å². The number of anilines is 2. The maximum Gasteiger partial charge on any atom is 0.418 e. The minimum absolute atomic E-state index is 0.0773. The van der Waals surface area contributed by atoms with Crippen LogP contribution in [0.15, 0.2) is 42.5 Å². The molecule has 1 atom stereocenters. The van der Waals surface area contributed by atoms with Crippen LogP contribution < -0.4 is 10.2 Å². The summed E-state index contributed by atoms with van der Waals surface area (Å²) in [5.74, 6) is -1.68. The van der Waals surface area contributed by atoms with Gasteiger partial charge in [0.25, 0.3) is 0 Å². The lowest BCUT2D eigenvalue weighted by atomic mass is 10.1. The second-order valence-corrected chi connectivity index (χ2v) is 6.81. The van der Waals surface area contributed by atoms with E-state index in [0.717, 1.165) is 22.6 Å². The zero-order valence-electron chi connectivity index (χ0n) is 14.3. The summed E-state index contributed by atoms with van der Waals surface area (Å²) in [6.45, 7) is 1.70. The minimum Gasteiger partial charge on any atom is -0.326 e. The molecule has 0 aliphatic carbocycles. The van der Waals surface area contributed by atoms with Crippen molar-refractivity contribution >= 4 is 34.8 Å². The third-order valence-electron chi connectivity index (χ3n) is 4.45. The minimum atomic E-state index is -4.66. The predicted molar refractivity (Wildman–Crippen MR) is 96.7 cm³/mol. The normalized spacial score (nSPS) is 17.3. The van der Waals surface area contributed by atoms with Gasteiger partial charge in [-0.3, -0.25) is 9.59 Å². The Bertz CT molecular complexity index is 899. The molecule has 1 heterocycles. The van der Waals surface area contributed by atoms with E-state index in [0.29, 0.717) is 5.69 Å². The van der Waals surface area contributed by atoms with Gasteiger partial charge in [0, 0.05) is 23.7 Å². The van der Waals surface area contributed by atoms with Crippen LogP contribution in [-0.2, 0) is 15.8 Å². The predicted octanol–water partition coefficient (Wildman–Crippen LogP) is 4.66. The van der Waals surface area contributed by atoms with E-state index in [1.165, 1.54) is 6.07 Å². The van der Waals surface area contributed by atoms with E-state index in [1.54, 1.807) is 12.1 Å². The van der Waals surface area contributed by atoms with Crippen LogP contribution in [0.5, 0.6) is 0 Å². The maximum atomic E-state index is 13.3. The average Bonchev–Trinajstić information content (AvgIpc) is 2.98. The summed E-state index contributed by atoms with van der Waals surface area (Å²) < 4.78 is 40.0. The lowest BCUT2D eigenvalue weighted by molar-refractivity contribution is -0.137. The second kappa shape index (κ2) is 7.23. The number of aryl methyl sites for hydroxylation is 1. The number of carbonyl (C=O) groups excluding carboxylic acids is 2. The first kappa shape index (κ1) is 19.2. The van der Waals surface area contributed by atoms with E-state index in [4.69, 9.17) is 11.6 Å². The van der Waals surface area contributed by atoms with Crippen LogP contribution >= 0.6 is 11.6 Å². The zero-order valence-corrected chi connectivity index (χ0v) is 15.1. The standard InChI is InChI=1S/C19H16ClF3N2O2/c1-11-4-2-3-5-15(11)24-18(27)12-8-17(26)25(10-12)16-7-6-13(20)9-14(16)19(21,22)23/h2-7,9,12H,8,10H2,1H3,(H,24,27). The van der Waals surface area contributed by atoms with Crippen LogP contribution in [0.2, 0.25) is 5.02 Å². The van der Waals surface area contributed by atoms with Gasteiger partial charge in [-0.05, 0) is 36.8 Å². The second-order valence-electron chi connectivity index (χ2n) is 6.37. The van der Waals surface area contributed by atoms with Crippen LogP contribution in [0, 0.1) is 12.8 Å². The number of carbonyl (C=O) groups is 2. The van der Waals surface area contributed by atoms with E-state index in [2.05, 4.69) is 5.32 Å². The topological polar surface area (TPSA) is 49.4 Å². The number of alkyl halides is 3. The number of rotatable bonds is 3. The van der Waals surface area contributed by atoms with Gasteiger partial charge in [-0.2, -0.15) is 13.2 Å². The number of hydrogen-bond donors (Lipinski definition) is 1. The fraction of sp³-hybridized carbons (Fsp3) is 0.263. The smallest absolute Gasteiger partial charge is 0.326 e. The van der Waals surface area contributed by atoms with Crippen molar-refractivity contribution in [2.75, 3.05) is 16.8 Å². The average molecular weight is 397 g/mol. The monoisotopic (exact) mass is 396 g/mol. The summed E-state index contributed by atoms with van der Waals surface area (Å²) in [6, 6.07) is 10.4. The first-order chi connectivity index (χ1) is 12.7. The molecule has 8 heteroatoms. The Morgan fingerprint density at radius 3 is 2.59 bits per heavy atom. The molecule has 1 aliphatic heterocycles. The molecule has 0 spiro atoms. The van der Waals surface area contributed by atoms with Crippen molar-refractivity contribution in [3.8, 4) is 0 Å². The Labute approximate surface area is 158 Å². The molecule has 1 saturated heterocycles. The lowest BCUT2D eigenvalue weighted by Gasteiger charge is -2.22. The highest BCUT2D eigenvalue weighted by molar-refractivity contribution is 6.30. The Balaban J connectivity index is 1.82. The third-order valence-corrected chi connectivity index (χ3v) is 4.69. The SMILES string of the molecule is Cc1ccccc1NC(=O)C1CC(=O)N(c2ccc(Cl)cc2C(F)(F)F)C1. The summed E-state index contributed by atoms with van der Waals surface area (Å²) in [6.07, 6.45) is -4.82. The summed E-state index contributed by atoms with van der Waals surface area (Å²) >= 11 is 5.68. The molecule has 142 valence electrons. The molecule has 27 heavy (non-hydrogen) atoms. The van der Waals surface area contributed by atoms with Crippen LogP contribution in [-0.4, -0.2) is 18.4 Å². The van der Waals surface area contributed by atoms with Crippen molar-refractivity contribution in [3.63, 3.8) is 0 Å². The Morgan fingerprint density at radius 2 is 1.93 bits per heavy atom. The summed E-state index contributed by atoms with van der Waals surface area (Å²) in [5, 5.41) is 2.66. The highest BCUT2D eigenvalue weighted by atomic mass is 35.5. The summed E-state index contributed by atoms with van der Waals surface area (Å²) in [7, 11) is 0. The first-order valence-corrected chi connectivity index (χ1v) is 8.58. The largest absolute Gasteiger partial charge is 0.418 e. The highest BCUT2D eigenvalue weighted by Crippen LogP contribution is 2.40. The maximum absolute atomic E-state index is 13.3. The third kappa shape index (κ3) is 4.08. The molecule has 3 rings (SSSR count). The van der Waals surface area contributed by atoms with Gasteiger partial charge in [-0.1, -0.05) is 29.8 Å². The van der Waals surface area contributed by atoms with Gasteiger partial charge in [0.1, 0.15) is 0 Å². The number of para-hydroxylation sites is 1. The van der Waals surface area contributed by atoms with Gasteiger partial charge in [0.05, 0.1) is 17.2 Å². The fourth-order valence-corrected chi connectivity index (χ4v) is 3.21. The van der Waals surface area contributed by atoms with Crippen LogP contribution in [0.4, 0.5) is 24.5 Å². The van der Waals surface area contributed by atoms with Crippen LogP contribution in [0.3, 0.4) is 0 Å². The molecule has 1 aliphatic rings. The van der Waals surface area contributed by atoms with Gasteiger partial charge in [0.2, 0.25) is 11.8 Å². The number of benzene rings is 2. The molecule has 2 aromatic carbocycles. The van der Waals surface area contributed by atoms with Crippen molar-refractivity contribution in [2.24, 2.45) is 5.92 Å². The summed E-state index contributed by atoms with van der Waals surface area (Å²) in [4.78, 5) is 25.8. The van der Waals surface area contributed by atoms with Gasteiger partial charge in [-0.15, -0.1) is 0 Å². The summed E-state index contributed by atoms with van der Waals surface area (Å²) in [5.41, 5.74) is 0.173. The van der Waals surface area contributed by atoms with Crippen molar-refractivity contribution in [1.82, 2.24) is 0 Å². The van der Waals surface area contributed by atoms with Gasteiger partial charge in [-0.25, -0.2) is 0 Å². The van der Waals surface area contributed by atoms with E-state index in [-0.39, 0.29) is 23.7 Å². The van der Waals surface area contributed by atoms with E-state index < -0.39 is 29.5 Å². The molecular weight excluding hydrogens is 381 g/mol. The molecule has 1 unspecified atom stereocenters. The highest BCUT2D eigenvalue weighted by Gasteiger charge is 2.41. The zero-order chi connectivity index (χ0) is 19.8. The quantitative estimate of drug-likeness (QED) is 0.820. The van der Waals surface area contributed by atoms with E-state index in [1.807, 2.05) is 19.1 Å². The molecule has 4 nitrogen and oxygen atoms in total. The molecule has 1 N–H and O–H groups in total. The van der Waals surface area contributed by atoms with Gasteiger partial charge >= 0.3 is 6.18 Å². The number of hydrogen-bond acceptors (Lipinski definition) is 2. The fourth-order valence-electron chi connectivity index (χ4n) is 3.03. The number of nitrogens with one attached hydrogen (secondary N) is 1. The molecule has 1 fully saturated rings. The van der Waals surface area contributed by atoms with Crippen molar-refractivity contribution in [1.29, 1.82) is 0 Å². The molecule has 2 aromatic rings. The van der Waals surface area contributed by atoms with Crippen LogP contribution in [0.25, 0.3) is 0 Å². The molecule has 0 radical (unpaired) electrons. The molecule has 0 saturated carbocycles. The van der Waals surface area contributed by atoms with Crippen LogP contribution in [0.1, 0.15) is 17.5 Å². The Morgan fingerprint density at radius 1 is 1.22 bits per heavy atom. The Hall–Kier alpha value is -2.54. The Kier molecular flexibility index (Phi) is 5.15. The molecule has 0 aromatic heterocycles. The number of nitrogens with zero attached hydrogens (tertiary/aromatic N) is 1. The first-order valence-electron chi connectivity index (χ1n) is 8.20. The van der Waals surface area contributed by atoms with E-state index >= 15 is 0 Å². The molecule has 2 amide bonds. The molecular formula is C19H16ClF3N2O2. The van der Waals surface area contributed by atoms with E-state index in [9.17, 15) is 22.8 Å².